The van der Waals surface area contributed by atoms with Crippen molar-refractivity contribution in [1.82, 2.24) is 4.90 Å². The quantitative estimate of drug-likeness (QED) is 0.0255. The summed E-state index contributed by atoms with van der Waals surface area (Å²) in [4.78, 5) is 33.5. The molecule has 2 aliphatic carbocycles. The Hall–Kier alpha value is -5.80. The molecule has 1 fully saturated rings. The zero-order chi connectivity index (χ0) is 45.8. The van der Waals surface area contributed by atoms with Crippen molar-refractivity contribution in [3.05, 3.63) is 154 Å². The number of nitrogens with zero attached hydrogens (tertiary/aromatic N) is 3. The summed E-state index contributed by atoms with van der Waals surface area (Å²) < 4.78 is 40.7. The molecule has 65 heavy (non-hydrogen) atoms. The molecule has 13 nitrogen and oxygen atoms in total. The highest BCUT2D eigenvalue weighted by Crippen LogP contribution is 2.62. The van der Waals surface area contributed by atoms with Gasteiger partial charge in [-0.3, -0.25) is 15.0 Å². The number of oxime groups is 1. The monoisotopic (exact) mass is 911 g/mol. The first-order valence-corrected chi connectivity index (χ1v) is 22.6. The topological polar surface area (TPSA) is 162 Å². The fourth-order valence-electron chi connectivity index (χ4n) is 9.56. The number of benzene rings is 4. The molecule has 1 saturated carbocycles. The van der Waals surface area contributed by atoms with E-state index in [0.717, 1.165) is 29.5 Å². The van der Waals surface area contributed by atoms with Crippen molar-refractivity contribution in [2.75, 3.05) is 32.3 Å². The Balaban J connectivity index is 1.45. The van der Waals surface area contributed by atoms with E-state index in [0.29, 0.717) is 48.5 Å². The van der Waals surface area contributed by atoms with Crippen LogP contribution in [0.15, 0.2) is 127 Å². The first-order valence-electron chi connectivity index (χ1n) is 22.1. The number of nitro benzene ring substituents is 1. The van der Waals surface area contributed by atoms with E-state index in [1.807, 2.05) is 36.4 Å². The average Bonchev–Trinajstić information content (AvgIpc) is 3.32. The molecule has 0 spiro atoms. The molecule has 344 valence electrons. The smallest absolute Gasteiger partial charge is 0.410 e. The van der Waals surface area contributed by atoms with Crippen LogP contribution in [0.1, 0.15) is 67.6 Å². The lowest BCUT2D eigenvalue weighted by Gasteiger charge is -2.59. The van der Waals surface area contributed by atoms with Crippen LogP contribution in [-0.2, 0) is 27.5 Å². The van der Waals surface area contributed by atoms with Crippen LogP contribution in [0, 0.1) is 33.7 Å². The van der Waals surface area contributed by atoms with E-state index in [1.54, 1.807) is 47.4 Å². The molecule has 0 saturated heterocycles. The van der Waals surface area contributed by atoms with Gasteiger partial charge in [0.05, 0.1) is 35.1 Å². The van der Waals surface area contributed by atoms with Gasteiger partial charge in [-0.2, -0.15) is 0 Å². The van der Waals surface area contributed by atoms with Gasteiger partial charge in [0.15, 0.2) is 0 Å². The van der Waals surface area contributed by atoms with Gasteiger partial charge in [-0.1, -0.05) is 78.7 Å². The molecular weight excluding hydrogens is 857 g/mol. The molecule has 7 rings (SSSR count). The average molecular weight is 912 g/mol. The molecule has 0 aromatic heterocycles. The highest BCUT2D eigenvalue weighted by Gasteiger charge is 2.65. The number of unbranched alkanes of at least 4 members (excludes halogenated alkanes) is 2. The summed E-state index contributed by atoms with van der Waals surface area (Å²) >= 11 is 6.07. The van der Waals surface area contributed by atoms with Gasteiger partial charge in [-0.25, -0.2) is 9.18 Å². The standard InChI is InChI=1S/C50H55ClFN3O10/c1-2-26-62-50-46(54(49(58)61-27-23-51)32-34-17-19-37(52)20-18-34)31-44(53-63-33-35-11-4-3-5-12-35)42-28-36(13-6-8-24-56)41(16-7-9-25-57)47(48(42)50)43-30-40(21-22-45(43)65-50)64-39-15-10-14-38(29-39)55(59)60/h2-5,10-12,14-15,17-22,28-30,36,41,46-48,56-57H,1,6-9,13,16,23-27,31-33H2/t36-,41+,46-,47+,48+,50+/m0/s1. The molecule has 0 unspecified atom stereocenters. The minimum Gasteiger partial charge on any atom is -0.459 e. The van der Waals surface area contributed by atoms with E-state index in [-0.39, 0.29) is 81.1 Å². The van der Waals surface area contributed by atoms with Crippen LogP contribution in [0.25, 0.3) is 0 Å². The number of allylic oxidation sites excluding steroid dienone is 1. The summed E-state index contributed by atoms with van der Waals surface area (Å²) in [6.07, 6.45) is 7.33. The molecule has 0 bridgehead atoms. The predicted octanol–water partition coefficient (Wildman–Crippen LogP) is 10.2. The number of hydrogen-bond acceptors (Lipinski definition) is 11. The number of ether oxygens (including phenoxy) is 4. The van der Waals surface area contributed by atoms with Crippen LogP contribution in [0.2, 0.25) is 0 Å². The number of amides is 1. The minimum atomic E-state index is -1.61. The minimum absolute atomic E-state index is 0.0181. The zero-order valence-electron chi connectivity index (χ0n) is 36.1. The van der Waals surface area contributed by atoms with Crippen molar-refractivity contribution >= 4 is 29.1 Å². The maximum atomic E-state index is 14.5. The van der Waals surface area contributed by atoms with Crippen LogP contribution in [0.4, 0.5) is 14.9 Å². The number of aliphatic hydroxyl groups excluding tert-OH is 2. The van der Waals surface area contributed by atoms with E-state index >= 15 is 0 Å². The normalized spacial score (nSPS) is 22.4. The molecule has 4 aromatic rings. The Morgan fingerprint density at radius 3 is 2.45 bits per heavy atom. The molecule has 1 heterocycles. The number of non-ortho nitro benzene ring substituents is 1. The zero-order valence-corrected chi connectivity index (χ0v) is 36.9. The van der Waals surface area contributed by atoms with E-state index in [1.165, 1.54) is 24.3 Å². The molecular formula is C50H55ClFN3O10. The van der Waals surface area contributed by atoms with Gasteiger partial charge in [0.25, 0.3) is 5.69 Å². The van der Waals surface area contributed by atoms with Gasteiger partial charge in [-0.05, 0) is 90.6 Å². The summed E-state index contributed by atoms with van der Waals surface area (Å²) in [5.74, 6) is -1.97. The lowest BCUT2D eigenvalue weighted by atomic mass is 9.55. The summed E-state index contributed by atoms with van der Waals surface area (Å²) in [5, 5.41) is 36.5. The molecule has 15 heteroatoms. The van der Waals surface area contributed by atoms with Gasteiger partial charge >= 0.3 is 6.09 Å². The van der Waals surface area contributed by atoms with Gasteiger partial charge in [-0.15, -0.1) is 18.2 Å². The molecule has 0 radical (unpaired) electrons. The van der Waals surface area contributed by atoms with Crippen LogP contribution < -0.4 is 9.47 Å². The highest BCUT2D eigenvalue weighted by molar-refractivity contribution is 6.18. The lowest BCUT2D eigenvalue weighted by Crippen LogP contribution is -2.70. The molecule has 3 aliphatic rings. The SMILES string of the molecule is C=CCO[C@@]12Oc3ccc(Oc4cccc([N+](=O)[O-])c4)cc3[C@H]3[C@H](CCCCO)[C@@H](CCCCO)C=C(C(=NOCc4ccccc4)C[C@@H]1N(Cc1ccc(F)cc1)C(=O)OCCCl)[C@H]32. The Labute approximate surface area is 383 Å². The number of fused-ring (bicyclic) bond motifs is 2. The van der Waals surface area contributed by atoms with E-state index in [2.05, 4.69) is 12.7 Å². The van der Waals surface area contributed by atoms with Crippen molar-refractivity contribution in [3.63, 3.8) is 0 Å². The number of halogens is 2. The van der Waals surface area contributed by atoms with Crippen LogP contribution in [-0.4, -0.2) is 76.0 Å². The van der Waals surface area contributed by atoms with Crippen molar-refractivity contribution in [3.8, 4) is 17.2 Å². The number of hydrogen-bond donors (Lipinski definition) is 2. The second-order valence-electron chi connectivity index (χ2n) is 16.4. The summed E-state index contributed by atoms with van der Waals surface area (Å²) in [6, 6.07) is 26.0. The van der Waals surface area contributed by atoms with Gasteiger partial charge in [0.2, 0.25) is 5.79 Å². The molecule has 1 amide bonds. The second-order valence-corrected chi connectivity index (χ2v) is 16.8. The third-order valence-corrected chi connectivity index (χ3v) is 12.5. The largest absolute Gasteiger partial charge is 0.459 e. The second kappa shape index (κ2) is 22.4. The molecule has 4 aromatic carbocycles. The highest BCUT2D eigenvalue weighted by atomic mass is 35.5. The third kappa shape index (κ3) is 11.0. The number of alkyl halides is 1. The molecule has 1 aliphatic heterocycles. The van der Waals surface area contributed by atoms with Gasteiger partial charge in [0.1, 0.15) is 42.3 Å². The van der Waals surface area contributed by atoms with Gasteiger partial charge < -0.3 is 34.0 Å². The molecule has 2 N–H and O–H groups in total. The van der Waals surface area contributed by atoms with E-state index in [9.17, 15) is 29.5 Å². The third-order valence-electron chi connectivity index (χ3n) is 12.3. The summed E-state index contributed by atoms with van der Waals surface area (Å²) in [7, 11) is 0. The maximum absolute atomic E-state index is 14.5. The maximum Gasteiger partial charge on any atom is 0.410 e. The number of nitro groups is 1. The first-order chi connectivity index (χ1) is 31.7. The fraction of sp³-hybridized carbons (Fsp3) is 0.400. The Bertz CT molecular complexity index is 2310. The Kier molecular flexibility index (Phi) is 16.3. The van der Waals surface area contributed by atoms with Crippen molar-refractivity contribution in [1.29, 1.82) is 0 Å². The van der Waals surface area contributed by atoms with E-state index < -0.39 is 34.6 Å². The number of carbonyl (C=O) groups excluding carboxylic acids is 1. The number of rotatable bonds is 22. The number of aliphatic hydroxyl groups is 2. The summed E-state index contributed by atoms with van der Waals surface area (Å²) in [6.45, 7) is 4.16. The van der Waals surface area contributed by atoms with Crippen molar-refractivity contribution in [2.24, 2.45) is 22.9 Å². The summed E-state index contributed by atoms with van der Waals surface area (Å²) in [5.41, 5.74) is 3.60. The predicted molar refractivity (Wildman–Crippen MR) is 243 cm³/mol. The van der Waals surface area contributed by atoms with Crippen LogP contribution in [0.3, 0.4) is 0 Å². The molecule has 6 atom stereocenters. The van der Waals surface area contributed by atoms with E-state index in [4.69, 9.17) is 40.5 Å². The Morgan fingerprint density at radius 1 is 0.969 bits per heavy atom. The Morgan fingerprint density at radius 2 is 1.72 bits per heavy atom. The number of carbonyl (C=O) groups is 1. The van der Waals surface area contributed by atoms with Crippen molar-refractivity contribution in [2.45, 2.75) is 75.8 Å². The van der Waals surface area contributed by atoms with Crippen LogP contribution >= 0.6 is 11.6 Å². The first kappa shape index (κ1) is 47.2. The lowest BCUT2D eigenvalue weighted by molar-refractivity contribution is -0.384. The fourth-order valence-corrected chi connectivity index (χ4v) is 9.64. The van der Waals surface area contributed by atoms with Crippen LogP contribution in [0.5, 0.6) is 17.2 Å². The van der Waals surface area contributed by atoms with Gasteiger partial charge in [0, 0.05) is 43.7 Å². The van der Waals surface area contributed by atoms with Crippen molar-refractivity contribution < 1.29 is 48.1 Å².